The predicted molar refractivity (Wildman–Crippen MR) is 128 cm³/mol. The summed E-state index contributed by atoms with van der Waals surface area (Å²) in [7, 11) is 0. The number of nitrogens with two attached hydrogens (primary N) is 1. The fourth-order valence-corrected chi connectivity index (χ4v) is 3.39. The second-order valence-corrected chi connectivity index (χ2v) is 7.25. The highest BCUT2D eigenvalue weighted by Crippen LogP contribution is 2.16. The minimum atomic E-state index is -0.221. The Bertz CT molecular complexity index is 807. The number of nitrogen functional groups attached to an aromatic ring is 1. The molecule has 0 saturated carbocycles. The molecule has 1 aliphatic heterocycles. The third-order valence-corrected chi connectivity index (χ3v) is 4.89. The lowest BCUT2D eigenvalue weighted by Gasteiger charge is -2.23. The Labute approximate surface area is 190 Å². The van der Waals surface area contributed by atoms with E-state index in [4.69, 9.17) is 5.73 Å². The molecule has 0 bridgehead atoms. The van der Waals surface area contributed by atoms with Crippen LogP contribution in [0.25, 0.3) is 0 Å². The van der Waals surface area contributed by atoms with Gasteiger partial charge in [0.25, 0.3) is 5.91 Å². The van der Waals surface area contributed by atoms with Crippen molar-refractivity contribution in [1.82, 2.24) is 4.90 Å². The predicted octanol–water partition coefficient (Wildman–Crippen LogP) is 4.57. The van der Waals surface area contributed by atoms with E-state index >= 15 is 0 Å². The normalized spacial score (nSPS) is 14.3. The minimum Gasteiger partial charge on any atom is -0.399 e. The fraction of sp³-hybridized carbons (Fsp3) is 0.364. The number of rotatable bonds is 5. The summed E-state index contributed by atoms with van der Waals surface area (Å²) in [5.74, 6) is -0.224. The average molecular weight is 453 g/mol. The van der Waals surface area contributed by atoms with E-state index in [0.29, 0.717) is 23.5 Å². The Kier molecular flexibility index (Phi) is 11.3. The van der Waals surface area contributed by atoms with Crippen LogP contribution in [-0.4, -0.2) is 36.3 Å². The first kappa shape index (κ1) is 25.8. The molecule has 8 heteroatoms. The summed E-state index contributed by atoms with van der Waals surface area (Å²) in [5, 5.41) is 5.76. The Balaban J connectivity index is 0.00000225. The fourth-order valence-electron chi connectivity index (χ4n) is 3.39. The number of nitrogens with zero attached hydrogens (tertiary/aromatic N) is 1. The molecule has 2 aromatic carbocycles. The molecule has 1 fully saturated rings. The lowest BCUT2D eigenvalue weighted by molar-refractivity contribution is -0.117. The van der Waals surface area contributed by atoms with Crippen molar-refractivity contribution in [3.8, 4) is 0 Å². The molecule has 0 radical (unpaired) electrons. The maximum absolute atomic E-state index is 12.3. The highest BCUT2D eigenvalue weighted by atomic mass is 35.5. The van der Waals surface area contributed by atoms with Gasteiger partial charge in [0.2, 0.25) is 5.91 Å². The van der Waals surface area contributed by atoms with E-state index in [0.717, 1.165) is 31.6 Å². The first-order valence-corrected chi connectivity index (χ1v) is 9.89. The summed E-state index contributed by atoms with van der Waals surface area (Å²) < 4.78 is 0. The van der Waals surface area contributed by atoms with Gasteiger partial charge in [0.15, 0.2) is 0 Å². The van der Waals surface area contributed by atoms with Crippen molar-refractivity contribution < 1.29 is 9.59 Å². The number of hydrogen-bond donors (Lipinski definition) is 3. The van der Waals surface area contributed by atoms with Gasteiger partial charge in [-0.15, -0.1) is 24.8 Å². The molecule has 0 aliphatic carbocycles. The number of benzene rings is 2. The maximum atomic E-state index is 12.3. The average Bonchev–Trinajstić information content (AvgIpc) is 2.65. The summed E-state index contributed by atoms with van der Waals surface area (Å²) in [4.78, 5) is 26.8. The molecule has 2 amide bonds. The zero-order valence-electron chi connectivity index (χ0n) is 16.9. The molecule has 0 spiro atoms. The number of halogens is 2. The lowest BCUT2D eigenvalue weighted by Crippen LogP contribution is -2.35. The van der Waals surface area contributed by atoms with Crippen LogP contribution in [-0.2, 0) is 4.79 Å². The Morgan fingerprint density at radius 1 is 0.833 bits per heavy atom. The highest BCUT2D eigenvalue weighted by Gasteiger charge is 2.12. The number of carbonyl (C=O) groups is 2. The van der Waals surface area contributed by atoms with Gasteiger partial charge < -0.3 is 16.4 Å². The van der Waals surface area contributed by atoms with Gasteiger partial charge in [-0.05, 0) is 68.4 Å². The summed E-state index contributed by atoms with van der Waals surface area (Å²) in [6, 6.07) is 14.0. The highest BCUT2D eigenvalue weighted by molar-refractivity contribution is 6.04. The van der Waals surface area contributed by atoms with Gasteiger partial charge >= 0.3 is 0 Å². The molecular weight excluding hydrogens is 423 g/mol. The number of hydrogen-bond acceptors (Lipinski definition) is 4. The van der Waals surface area contributed by atoms with Gasteiger partial charge in [-0.2, -0.15) is 0 Å². The molecule has 0 unspecified atom stereocenters. The molecule has 0 aromatic heterocycles. The summed E-state index contributed by atoms with van der Waals surface area (Å²) in [5.41, 5.74) is 8.15. The van der Waals surface area contributed by atoms with Gasteiger partial charge in [-0.3, -0.25) is 14.5 Å². The van der Waals surface area contributed by atoms with Crippen molar-refractivity contribution in [3.05, 3.63) is 54.1 Å². The van der Waals surface area contributed by atoms with Crippen molar-refractivity contribution in [1.29, 1.82) is 0 Å². The molecule has 0 atom stereocenters. The van der Waals surface area contributed by atoms with Crippen molar-refractivity contribution in [3.63, 3.8) is 0 Å². The Morgan fingerprint density at radius 3 is 2.00 bits per heavy atom. The van der Waals surface area contributed by atoms with Gasteiger partial charge in [-0.1, -0.05) is 25.3 Å². The maximum Gasteiger partial charge on any atom is 0.255 e. The summed E-state index contributed by atoms with van der Waals surface area (Å²) in [6.07, 6.45) is 6.13. The molecule has 6 nitrogen and oxygen atoms in total. The van der Waals surface area contributed by atoms with Gasteiger partial charge in [-0.25, -0.2) is 0 Å². The topological polar surface area (TPSA) is 87.5 Å². The molecule has 4 N–H and O–H groups in total. The van der Waals surface area contributed by atoms with Crippen molar-refractivity contribution in [2.75, 3.05) is 36.0 Å². The molecule has 1 aliphatic rings. The van der Waals surface area contributed by atoms with Crippen LogP contribution in [0.1, 0.15) is 42.5 Å². The van der Waals surface area contributed by atoms with E-state index in [2.05, 4.69) is 15.5 Å². The largest absolute Gasteiger partial charge is 0.399 e. The van der Waals surface area contributed by atoms with Crippen LogP contribution in [0, 0.1) is 0 Å². The lowest BCUT2D eigenvalue weighted by atomic mass is 10.1. The standard InChI is InChI=1S/C22H28N4O2.2ClH/c23-18-8-6-7-17(15-18)22(28)25-20-11-9-19(10-12-20)24-21(27)16-26-13-4-2-1-3-5-14-26;;/h6-12,15H,1-5,13-14,16,23H2,(H,24,27)(H,25,28);2*1H. The van der Waals surface area contributed by atoms with Crippen LogP contribution in [0.4, 0.5) is 17.1 Å². The number of amides is 2. The second-order valence-electron chi connectivity index (χ2n) is 7.25. The molecular formula is C22H30Cl2N4O2. The summed E-state index contributed by atoms with van der Waals surface area (Å²) >= 11 is 0. The summed E-state index contributed by atoms with van der Waals surface area (Å²) in [6.45, 7) is 2.40. The van der Waals surface area contributed by atoms with E-state index in [1.54, 1.807) is 48.5 Å². The molecule has 3 rings (SSSR count). The number of nitrogens with one attached hydrogen (secondary N) is 2. The van der Waals surface area contributed by atoms with Crippen LogP contribution in [0.2, 0.25) is 0 Å². The van der Waals surface area contributed by atoms with Gasteiger partial charge in [0, 0.05) is 22.6 Å². The van der Waals surface area contributed by atoms with Crippen molar-refractivity contribution in [2.24, 2.45) is 0 Å². The first-order chi connectivity index (χ1) is 13.6. The second kappa shape index (κ2) is 13.1. The van der Waals surface area contributed by atoms with E-state index in [-0.39, 0.29) is 36.6 Å². The quantitative estimate of drug-likeness (QED) is 0.579. The number of likely N-dealkylation sites (tertiary alicyclic amines) is 1. The van der Waals surface area contributed by atoms with Crippen molar-refractivity contribution >= 4 is 53.7 Å². The van der Waals surface area contributed by atoms with Crippen LogP contribution in [0.5, 0.6) is 0 Å². The van der Waals surface area contributed by atoms with E-state index < -0.39 is 0 Å². The number of carbonyl (C=O) groups excluding carboxylic acids is 2. The van der Waals surface area contributed by atoms with Crippen molar-refractivity contribution in [2.45, 2.75) is 32.1 Å². The van der Waals surface area contributed by atoms with Crippen LogP contribution in [0.3, 0.4) is 0 Å². The van der Waals surface area contributed by atoms with E-state index in [1.807, 2.05) is 0 Å². The SMILES string of the molecule is Cl.Cl.Nc1cccc(C(=O)Nc2ccc(NC(=O)CN3CCCCCCC3)cc2)c1. The molecule has 2 aromatic rings. The molecule has 164 valence electrons. The zero-order valence-corrected chi connectivity index (χ0v) is 18.6. The van der Waals surface area contributed by atoms with Gasteiger partial charge in [0.05, 0.1) is 6.54 Å². The van der Waals surface area contributed by atoms with Gasteiger partial charge in [0.1, 0.15) is 0 Å². The minimum absolute atomic E-state index is 0. The van der Waals surface area contributed by atoms with Crippen LogP contribution in [0.15, 0.2) is 48.5 Å². The smallest absolute Gasteiger partial charge is 0.255 e. The van der Waals surface area contributed by atoms with E-state index in [1.165, 1.54) is 19.3 Å². The molecule has 1 heterocycles. The van der Waals surface area contributed by atoms with Crippen LogP contribution >= 0.6 is 24.8 Å². The molecule has 30 heavy (non-hydrogen) atoms. The molecule has 1 saturated heterocycles. The third-order valence-electron chi connectivity index (χ3n) is 4.89. The monoisotopic (exact) mass is 452 g/mol. The Morgan fingerprint density at radius 2 is 1.40 bits per heavy atom. The third kappa shape index (κ3) is 8.22. The Hall–Kier alpha value is -2.28. The van der Waals surface area contributed by atoms with E-state index in [9.17, 15) is 9.59 Å². The zero-order chi connectivity index (χ0) is 19.8. The van der Waals surface area contributed by atoms with Crippen LogP contribution < -0.4 is 16.4 Å². The number of anilines is 3. The first-order valence-electron chi connectivity index (χ1n) is 9.89.